The molecule has 2 N–H and O–H groups in total. The van der Waals surface area contributed by atoms with Crippen molar-refractivity contribution in [2.75, 3.05) is 14.2 Å². The predicted octanol–water partition coefficient (Wildman–Crippen LogP) is 2.11. The maximum absolute atomic E-state index is 12.0. The van der Waals surface area contributed by atoms with Crippen LogP contribution in [0, 0.1) is 0 Å². The lowest BCUT2D eigenvalue weighted by atomic mass is 10.2. The van der Waals surface area contributed by atoms with Crippen LogP contribution in [-0.2, 0) is 4.74 Å². The van der Waals surface area contributed by atoms with Gasteiger partial charge in [-0.15, -0.1) is 0 Å². The van der Waals surface area contributed by atoms with Crippen molar-refractivity contribution < 1.29 is 34.0 Å². The Balaban J connectivity index is 2.18. The van der Waals surface area contributed by atoms with Gasteiger partial charge in [0, 0.05) is 0 Å². The topological polar surface area (TPSA) is 102 Å². The standard InChI is InChI=1S/C16H14O7/c1-21-13-7-9(3-5-11(13)17)15(19)23-16(20)10-4-6-12(18)14(8-10)22-2/h3-8,17-18H,1-2H3. The molecular formula is C16H14O7. The van der Waals surface area contributed by atoms with Gasteiger partial charge in [-0.1, -0.05) is 0 Å². The van der Waals surface area contributed by atoms with Gasteiger partial charge in [-0.2, -0.15) is 0 Å². The summed E-state index contributed by atoms with van der Waals surface area (Å²) in [6, 6.07) is 7.60. The number of esters is 2. The van der Waals surface area contributed by atoms with Crippen LogP contribution in [0.1, 0.15) is 20.7 Å². The number of benzene rings is 2. The minimum Gasteiger partial charge on any atom is -0.504 e. The van der Waals surface area contributed by atoms with Crippen molar-refractivity contribution >= 4 is 11.9 Å². The molecule has 0 aromatic heterocycles. The number of aromatic hydroxyl groups is 2. The van der Waals surface area contributed by atoms with Crippen molar-refractivity contribution in [2.45, 2.75) is 0 Å². The minimum atomic E-state index is -0.902. The highest BCUT2D eigenvalue weighted by Crippen LogP contribution is 2.28. The first-order valence-corrected chi connectivity index (χ1v) is 6.46. The molecule has 0 aliphatic rings. The van der Waals surface area contributed by atoms with Crippen LogP contribution in [0.2, 0.25) is 0 Å². The molecule has 0 fully saturated rings. The number of hydrogen-bond acceptors (Lipinski definition) is 7. The summed E-state index contributed by atoms with van der Waals surface area (Å²) >= 11 is 0. The number of phenols is 2. The Morgan fingerprint density at radius 3 is 1.52 bits per heavy atom. The van der Waals surface area contributed by atoms with Crippen LogP contribution in [0.5, 0.6) is 23.0 Å². The van der Waals surface area contributed by atoms with Crippen molar-refractivity contribution in [2.24, 2.45) is 0 Å². The molecule has 120 valence electrons. The second kappa shape index (κ2) is 6.69. The quantitative estimate of drug-likeness (QED) is 0.657. The fraction of sp³-hybridized carbons (Fsp3) is 0.125. The number of phenolic OH excluding ortho intramolecular Hbond substituents is 2. The molecule has 2 aromatic rings. The summed E-state index contributed by atoms with van der Waals surface area (Å²) in [5, 5.41) is 19.0. The maximum atomic E-state index is 12.0. The molecule has 0 aliphatic carbocycles. The molecule has 23 heavy (non-hydrogen) atoms. The van der Waals surface area contributed by atoms with Crippen LogP contribution < -0.4 is 9.47 Å². The fourth-order valence-electron chi connectivity index (χ4n) is 1.81. The highest BCUT2D eigenvalue weighted by Gasteiger charge is 2.18. The summed E-state index contributed by atoms with van der Waals surface area (Å²) in [7, 11) is 2.66. The van der Waals surface area contributed by atoms with Crippen molar-refractivity contribution in [1.29, 1.82) is 0 Å². The Morgan fingerprint density at radius 2 is 1.17 bits per heavy atom. The van der Waals surface area contributed by atoms with Crippen LogP contribution >= 0.6 is 0 Å². The number of rotatable bonds is 4. The van der Waals surface area contributed by atoms with E-state index < -0.39 is 11.9 Å². The molecule has 0 amide bonds. The van der Waals surface area contributed by atoms with E-state index in [4.69, 9.17) is 14.2 Å². The van der Waals surface area contributed by atoms with E-state index in [1.165, 1.54) is 50.6 Å². The van der Waals surface area contributed by atoms with Gasteiger partial charge in [-0.25, -0.2) is 9.59 Å². The summed E-state index contributed by atoms with van der Waals surface area (Å²) in [6.45, 7) is 0. The molecule has 0 radical (unpaired) electrons. The predicted molar refractivity (Wildman–Crippen MR) is 79.1 cm³/mol. The Labute approximate surface area is 131 Å². The van der Waals surface area contributed by atoms with Crippen molar-refractivity contribution in [3.8, 4) is 23.0 Å². The van der Waals surface area contributed by atoms with Crippen LogP contribution in [0.3, 0.4) is 0 Å². The zero-order valence-electron chi connectivity index (χ0n) is 12.4. The normalized spacial score (nSPS) is 10.0. The highest BCUT2D eigenvalue weighted by atomic mass is 16.6. The Bertz CT molecular complexity index is 689. The molecule has 0 saturated heterocycles. The second-order valence-electron chi connectivity index (χ2n) is 4.45. The summed E-state index contributed by atoms with van der Waals surface area (Å²) in [6.07, 6.45) is 0. The van der Waals surface area contributed by atoms with E-state index in [9.17, 15) is 19.8 Å². The van der Waals surface area contributed by atoms with Gasteiger partial charge in [0.15, 0.2) is 23.0 Å². The average Bonchev–Trinajstić information content (AvgIpc) is 2.55. The van der Waals surface area contributed by atoms with E-state index in [2.05, 4.69) is 0 Å². The van der Waals surface area contributed by atoms with Gasteiger partial charge in [0.05, 0.1) is 25.3 Å². The lowest BCUT2D eigenvalue weighted by Crippen LogP contribution is -2.13. The van der Waals surface area contributed by atoms with E-state index in [0.717, 1.165) is 0 Å². The monoisotopic (exact) mass is 318 g/mol. The Morgan fingerprint density at radius 1 is 0.783 bits per heavy atom. The smallest absolute Gasteiger partial charge is 0.346 e. The second-order valence-corrected chi connectivity index (χ2v) is 4.45. The third kappa shape index (κ3) is 3.52. The fourth-order valence-corrected chi connectivity index (χ4v) is 1.81. The zero-order valence-corrected chi connectivity index (χ0v) is 12.4. The van der Waals surface area contributed by atoms with Gasteiger partial charge in [-0.05, 0) is 36.4 Å². The van der Waals surface area contributed by atoms with Gasteiger partial charge < -0.3 is 24.4 Å². The van der Waals surface area contributed by atoms with Gasteiger partial charge in [0.1, 0.15) is 0 Å². The SMILES string of the molecule is COc1cc(C(=O)OC(=O)c2ccc(O)c(OC)c2)ccc1O. The van der Waals surface area contributed by atoms with E-state index in [-0.39, 0.29) is 34.1 Å². The molecule has 2 aromatic carbocycles. The third-order valence-corrected chi connectivity index (χ3v) is 3.02. The summed E-state index contributed by atoms with van der Waals surface area (Å²) in [4.78, 5) is 23.9. The number of methoxy groups -OCH3 is 2. The van der Waals surface area contributed by atoms with Crippen LogP contribution in [0.25, 0.3) is 0 Å². The molecule has 2 rings (SSSR count). The first-order chi connectivity index (χ1) is 11.0. The Hall–Kier alpha value is -3.22. The molecule has 0 atom stereocenters. The summed E-state index contributed by atoms with van der Waals surface area (Å²) in [5.41, 5.74) is 0.0810. The minimum absolute atomic E-state index is 0.0405. The number of ether oxygens (including phenoxy) is 3. The number of carbonyl (C=O) groups excluding carboxylic acids is 2. The van der Waals surface area contributed by atoms with E-state index in [1.807, 2.05) is 0 Å². The van der Waals surface area contributed by atoms with Crippen LogP contribution in [-0.4, -0.2) is 36.4 Å². The lowest BCUT2D eigenvalue weighted by Gasteiger charge is -2.08. The van der Waals surface area contributed by atoms with Crippen molar-refractivity contribution in [3.63, 3.8) is 0 Å². The van der Waals surface area contributed by atoms with E-state index in [1.54, 1.807) is 0 Å². The van der Waals surface area contributed by atoms with Crippen LogP contribution in [0.15, 0.2) is 36.4 Å². The molecule has 0 spiro atoms. The number of carbonyl (C=O) groups is 2. The third-order valence-electron chi connectivity index (χ3n) is 3.02. The molecule has 0 saturated carbocycles. The van der Waals surface area contributed by atoms with Gasteiger partial charge in [0.25, 0.3) is 0 Å². The van der Waals surface area contributed by atoms with Crippen molar-refractivity contribution in [1.82, 2.24) is 0 Å². The average molecular weight is 318 g/mol. The van der Waals surface area contributed by atoms with Gasteiger partial charge in [0.2, 0.25) is 0 Å². The largest absolute Gasteiger partial charge is 0.504 e. The molecule has 0 bridgehead atoms. The summed E-state index contributed by atoms with van der Waals surface area (Å²) < 4.78 is 14.5. The number of hydrogen-bond donors (Lipinski definition) is 2. The first-order valence-electron chi connectivity index (χ1n) is 6.46. The van der Waals surface area contributed by atoms with Gasteiger partial charge in [-0.3, -0.25) is 0 Å². The first kappa shape index (κ1) is 16.2. The molecule has 7 heteroatoms. The zero-order chi connectivity index (χ0) is 17.0. The van der Waals surface area contributed by atoms with Crippen LogP contribution in [0.4, 0.5) is 0 Å². The van der Waals surface area contributed by atoms with Crippen molar-refractivity contribution in [3.05, 3.63) is 47.5 Å². The lowest BCUT2D eigenvalue weighted by molar-refractivity contribution is 0.0397. The maximum Gasteiger partial charge on any atom is 0.346 e. The van der Waals surface area contributed by atoms with E-state index in [0.29, 0.717) is 0 Å². The molecule has 0 heterocycles. The Kier molecular flexibility index (Phi) is 4.70. The molecule has 7 nitrogen and oxygen atoms in total. The van der Waals surface area contributed by atoms with E-state index >= 15 is 0 Å². The molecular weight excluding hydrogens is 304 g/mol. The highest BCUT2D eigenvalue weighted by molar-refractivity contribution is 6.03. The van der Waals surface area contributed by atoms with Gasteiger partial charge >= 0.3 is 11.9 Å². The summed E-state index contributed by atoms with van der Waals surface area (Å²) in [5.74, 6) is -1.92. The molecule has 0 unspecified atom stereocenters. The molecule has 0 aliphatic heterocycles.